The quantitative estimate of drug-likeness (QED) is 0.769. The first-order valence-corrected chi connectivity index (χ1v) is 8.29. The summed E-state index contributed by atoms with van der Waals surface area (Å²) in [5, 5.41) is 12.3. The number of benzene rings is 1. The smallest absolute Gasteiger partial charge is 0.153 e. The van der Waals surface area contributed by atoms with E-state index in [4.69, 9.17) is 0 Å². The normalized spacial score (nSPS) is 11.3. The van der Waals surface area contributed by atoms with Gasteiger partial charge in [0.15, 0.2) is 5.01 Å². The van der Waals surface area contributed by atoms with Crippen LogP contribution >= 0.6 is 27.3 Å². The zero-order valence-corrected chi connectivity index (χ0v) is 14.2. The van der Waals surface area contributed by atoms with Crippen molar-refractivity contribution in [1.29, 1.82) is 0 Å². The summed E-state index contributed by atoms with van der Waals surface area (Å²) in [5.74, 6) is -1.27. The molecule has 2 rings (SSSR count). The van der Waals surface area contributed by atoms with Crippen molar-refractivity contribution in [1.82, 2.24) is 15.5 Å². The van der Waals surface area contributed by atoms with Crippen molar-refractivity contribution in [3.8, 4) is 10.6 Å². The summed E-state index contributed by atoms with van der Waals surface area (Å²) in [5.41, 5.74) is -0.109. The van der Waals surface area contributed by atoms with Crippen LogP contribution in [0.5, 0.6) is 0 Å². The van der Waals surface area contributed by atoms with Crippen molar-refractivity contribution in [3.05, 3.63) is 33.2 Å². The highest BCUT2D eigenvalue weighted by atomic mass is 79.9. The van der Waals surface area contributed by atoms with Crippen LogP contribution in [0.15, 0.2) is 16.6 Å². The highest BCUT2D eigenvalue weighted by Crippen LogP contribution is 2.31. The summed E-state index contributed by atoms with van der Waals surface area (Å²) < 4.78 is 28.1. The van der Waals surface area contributed by atoms with Crippen molar-refractivity contribution in [3.63, 3.8) is 0 Å². The van der Waals surface area contributed by atoms with Crippen LogP contribution in [0.4, 0.5) is 8.78 Å². The molecule has 0 radical (unpaired) electrons. The SMILES string of the molecule is CC(C)NCCCc1nnc(-c2c(F)cc(Br)cc2F)s1. The van der Waals surface area contributed by atoms with Crippen LogP contribution in [0.3, 0.4) is 0 Å². The molecule has 0 amide bonds. The van der Waals surface area contributed by atoms with Crippen LogP contribution in [0.2, 0.25) is 0 Å². The Kier molecular flexibility index (Phi) is 5.78. The average molecular weight is 376 g/mol. The summed E-state index contributed by atoms with van der Waals surface area (Å²) in [6.45, 7) is 5.05. The number of nitrogens with zero attached hydrogens (tertiary/aromatic N) is 2. The van der Waals surface area contributed by atoms with Gasteiger partial charge in [0.05, 0.1) is 5.56 Å². The first-order chi connectivity index (χ1) is 9.97. The van der Waals surface area contributed by atoms with Crippen LogP contribution in [0.1, 0.15) is 25.3 Å². The Bertz CT molecular complexity index is 593. The predicted octanol–water partition coefficient (Wildman–Crippen LogP) is 4.18. The molecule has 114 valence electrons. The lowest BCUT2D eigenvalue weighted by Crippen LogP contribution is -2.23. The van der Waals surface area contributed by atoms with Crippen LogP contribution < -0.4 is 5.32 Å². The van der Waals surface area contributed by atoms with Gasteiger partial charge in [-0.1, -0.05) is 41.1 Å². The molecule has 0 atom stereocenters. The standard InChI is InChI=1S/C14H16BrF2N3S/c1-8(2)18-5-3-4-12-19-20-14(21-12)13-10(16)6-9(15)7-11(13)17/h6-8,18H,3-5H2,1-2H3. The van der Waals surface area contributed by atoms with Crippen molar-refractivity contribution in [2.24, 2.45) is 0 Å². The Labute approximate surface area is 134 Å². The van der Waals surface area contributed by atoms with Gasteiger partial charge in [-0.15, -0.1) is 10.2 Å². The molecule has 0 unspecified atom stereocenters. The molecule has 0 aliphatic carbocycles. The van der Waals surface area contributed by atoms with Gasteiger partial charge in [0.2, 0.25) is 0 Å². The van der Waals surface area contributed by atoms with E-state index in [2.05, 4.69) is 45.3 Å². The maximum Gasteiger partial charge on any atom is 0.153 e. The molecule has 1 N–H and O–H groups in total. The Morgan fingerprint density at radius 3 is 2.52 bits per heavy atom. The van der Waals surface area contributed by atoms with Crippen LogP contribution in [0.25, 0.3) is 10.6 Å². The maximum atomic E-state index is 13.9. The molecule has 0 bridgehead atoms. The van der Waals surface area contributed by atoms with E-state index >= 15 is 0 Å². The topological polar surface area (TPSA) is 37.8 Å². The molecule has 21 heavy (non-hydrogen) atoms. The maximum absolute atomic E-state index is 13.9. The lowest BCUT2D eigenvalue weighted by molar-refractivity contribution is 0.569. The minimum absolute atomic E-state index is 0.109. The Morgan fingerprint density at radius 2 is 1.90 bits per heavy atom. The van der Waals surface area contributed by atoms with E-state index in [1.807, 2.05) is 0 Å². The zero-order valence-electron chi connectivity index (χ0n) is 11.8. The molecule has 0 aliphatic rings. The fraction of sp³-hybridized carbons (Fsp3) is 0.429. The van der Waals surface area contributed by atoms with E-state index in [0.717, 1.165) is 24.4 Å². The fourth-order valence-corrected chi connectivity index (χ4v) is 3.16. The highest BCUT2D eigenvalue weighted by Gasteiger charge is 2.17. The molecule has 0 saturated carbocycles. The van der Waals surface area contributed by atoms with E-state index in [1.54, 1.807) is 0 Å². The lowest BCUT2D eigenvalue weighted by atomic mass is 10.2. The largest absolute Gasteiger partial charge is 0.315 e. The monoisotopic (exact) mass is 375 g/mol. The third-order valence-corrected chi connectivity index (χ3v) is 4.27. The molecule has 0 spiro atoms. The fourth-order valence-electron chi connectivity index (χ4n) is 1.83. The lowest BCUT2D eigenvalue weighted by Gasteiger charge is -2.05. The number of halogens is 3. The molecule has 0 aliphatic heterocycles. The molecular weight excluding hydrogens is 360 g/mol. The summed E-state index contributed by atoms with van der Waals surface area (Å²) in [6.07, 6.45) is 1.66. The zero-order chi connectivity index (χ0) is 15.4. The van der Waals surface area contributed by atoms with Gasteiger partial charge in [0, 0.05) is 16.9 Å². The molecule has 7 heteroatoms. The third-order valence-electron chi connectivity index (χ3n) is 2.81. The van der Waals surface area contributed by atoms with Crippen LogP contribution in [0, 0.1) is 11.6 Å². The van der Waals surface area contributed by atoms with Crippen molar-refractivity contribution >= 4 is 27.3 Å². The summed E-state index contributed by atoms with van der Waals surface area (Å²) in [4.78, 5) is 0. The van der Waals surface area contributed by atoms with E-state index in [9.17, 15) is 8.78 Å². The molecule has 2 aromatic rings. The van der Waals surface area contributed by atoms with Gasteiger partial charge in [-0.25, -0.2) is 8.78 Å². The van der Waals surface area contributed by atoms with E-state index in [-0.39, 0.29) is 10.6 Å². The number of aromatic nitrogens is 2. The first-order valence-electron chi connectivity index (χ1n) is 6.68. The summed E-state index contributed by atoms with van der Waals surface area (Å²) in [6, 6.07) is 2.90. The van der Waals surface area contributed by atoms with Gasteiger partial charge in [-0.3, -0.25) is 0 Å². The van der Waals surface area contributed by atoms with Gasteiger partial charge >= 0.3 is 0 Å². The van der Waals surface area contributed by atoms with E-state index < -0.39 is 11.6 Å². The molecular formula is C14H16BrF2N3S. The van der Waals surface area contributed by atoms with Crippen LogP contribution in [-0.4, -0.2) is 22.8 Å². The number of hydrogen-bond donors (Lipinski definition) is 1. The average Bonchev–Trinajstić information content (AvgIpc) is 2.81. The molecule has 1 heterocycles. The first kappa shape index (κ1) is 16.5. The molecule has 0 saturated heterocycles. The molecule has 3 nitrogen and oxygen atoms in total. The van der Waals surface area contributed by atoms with E-state index in [0.29, 0.717) is 10.5 Å². The van der Waals surface area contributed by atoms with Gasteiger partial charge < -0.3 is 5.32 Å². The Hall–Kier alpha value is -0.920. The second kappa shape index (κ2) is 7.38. The van der Waals surface area contributed by atoms with Gasteiger partial charge in [-0.05, 0) is 25.1 Å². The highest BCUT2D eigenvalue weighted by molar-refractivity contribution is 9.10. The number of aryl methyl sites for hydroxylation is 1. The Morgan fingerprint density at radius 1 is 1.24 bits per heavy atom. The molecule has 1 aromatic heterocycles. The van der Waals surface area contributed by atoms with Crippen molar-refractivity contribution in [2.75, 3.05) is 6.54 Å². The number of rotatable bonds is 6. The van der Waals surface area contributed by atoms with Gasteiger partial charge in [0.25, 0.3) is 0 Å². The summed E-state index contributed by atoms with van der Waals surface area (Å²) >= 11 is 4.29. The number of nitrogens with one attached hydrogen (secondary N) is 1. The van der Waals surface area contributed by atoms with Crippen molar-refractivity contribution in [2.45, 2.75) is 32.7 Å². The van der Waals surface area contributed by atoms with E-state index in [1.165, 1.54) is 23.5 Å². The second-order valence-electron chi connectivity index (χ2n) is 4.96. The van der Waals surface area contributed by atoms with Gasteiger partial charge in [0.1, 0.15) is 16.6 Å². The Balaban J connectivity index is 2.06. The predicted molar refractivity (Wildman–Crippen MR) is 84.4 cm³/mol. The van der Waals surface area contributed by atoms with Crippen molar-refractivity contribution < 1.29 is 8.78 Å². The molecule has 1 aromatic carbocycles. The summed E-state index contributed by atoms with van der Waals surface area (Å²) in [7, 11) is 0. The number of hydrogen-bond acceptors (Lipinski definition) is 4. The third kappa shape index (κ3) is 4.52. The van der Waals surface area contributed by atoms with Gasteiger partial charge in [-0.2, -0.15) is 0 Å². The minimum atomic E-state index is -0.633. The van der Waals surface area contributed by atoms with Crippen LogP contribution in [-0.2, 0) is 6.42 Å². The second-order valence-corrected chi connectivity index (χ2v) is 6.94. The molecule has 0 fully saturated rings. The minimum Gasteiger partial charge on any atom is -0.315 e.